The predicted molar refractivity (Wildman–Crippen MR) is 49.1 cm³/mol. The summed E-state index contributed by atoms with van der Waals surface area (Å²) in [5.41, 5.74) is 4.98. The summed E-state index contributed by atoms with van der Waals surface area (Å²) in [5, 5.41) is 0. The third kappa shape index (κ3) is 4.03. The van der Waals surface area contributed by atoms with Gasteiger partial charge in [0.15, 0.2) is 0 Å². The monoisotopic (exact) mass is 187 g/mol. The summed E-state index contributed by atoms with van der Waals surface area (Å²) in [5.74, 6) is -0.581. The van der Waals surface area contributed by atoms with E-state index in [1.54, 1.807) is 20.8 Å². The molecule has 0 bridgehead atoms. The molecule has 4 heteroatoms. The Bertz CT molecular complexity index is 205. The number of esters is 1. The van der Waals surface area contributed by atoms with Gasteiger partial charge in [-0.05, 0) is 0 Å². The van der Waals surface area contributed by atoms with Gasteiger partial charge in [0.05, 0.1) is 7.11 Å². The summed E-state index contributed by atoms with van der Waals surface area (Å²) in [6.07, 6.45) is 0.0379. The molecule has 0 amide bonds. The van der Waals surface area contributed by atoms with Crippen LogP contribution in [0.15, 0.2) is 0 Å². The number of ether oxygens (including phenoxy) is 1. The van der Waals surface area contributed by atoms with E-state index >= 15 is 0 Å². The van der Waals surface area contributed by atoms with Crippen molar-refractivity contribution in [1.82, 2.24) is 0 Å². The second-order valence-electron chi connectivity index (χ2n) is 4.01. The van der Waals surface area contributed by atoms with Crippen molar-refractivity contribution in [2.24, 2.45) is 11.1 Å². The summed E-state index contributed by atoms with van der Waals surface area (Å²) in [4.78, 5) is 22.3. The predicted octanol–water partition coefficient (Wildman–Crippen LogP) is 0.492. The van der Waals surface area contributed by atoms with Gasteiger partial charge in [0.25, 0.3) is 0 Å². The van der Waals surface area contributed by atoms with Gasteiger partial charge < -0.3 is 10.5 Å². The summed E-state index contributed by atoms with van der Waals surface area (Å²) in [6, 6.07) is -0.836. The molecule has 4 nitrogen and oxygen atoms in total. The molecule has 0 rings (SSSR count). The zero-order chi connectivity index (χ0) is 10.6. The van der Waals surface area contributed by atoms with Crippen molar-refractivity contribution >= 4 is 11.8 Å². The number of methoxy groups -OCH3 is 1. The molecule has 13 heavy (non-hydrogen) atoms. The molecule has 0 spiro atoms. The quantitative estimate of drug-likeness (QED) is 0.653. The van der Waals surface area contributed by atoms with Crippen LogP contribution in [0.5, 0.6) is 0 Å². The van der Waals surface area contributed by atoms with Crippen molar-refractivity contribution in [2.45, 2.75) is 33.2 Å². The molecule has 0 radical (unpaired) electrons. The molecule has 0 aliphatic heterocycles. The largest absolute Gasteiger partial charge is 0.468 e. The molecule has 0 saturated carbocycles. The molecule has 0 aliphatic carbocycles. The van der Waals surface area contributed by atoms with Crippen LogP contribution < -0.4 is 5.73 Å². The van der Waals surface area contributed by atoms with Crippen LogP contribution in [0.4, 0.5) is 0 Å². The molecule has 1 atom stereocenters. The summed E-state index contributed by atoms with van der Waals surface area (Å²) < 4.78 is 4.41. The van der Waals surface area contributed by atoms with E-state index in [1.165, 1.54) is 7.11 Å². The van der Waals surface area contributed by atoms with E-state index in [-0.39, 0.29) is 12.2 Å². The van der Waals surface area contributed by atoms with E-state index in [4.69, 9.17) is 5.73 Å². The van der Waals surface area contributed by atoms with E-state index in [9.17, 15) is 9.59 Å². The fourth-order valence-electron chi connectivity index (χ4n) is 0.741. The van der Waals surface area contributed by atoms with E-state index in [2.05, 4.69) is 4.74 Å². The van der Waals surface area contributed by atoms with Gasteiger partial charge in [0, 0.05) is 11.8 Å². The highest BCUT2D eigenvalue weighted by atomic mass is 16.5. The van der Waals surface area contributed by atoms with Crippen molar-refractivity contribution < 1.29 is 14.3 Å². The Morgan fingerprint density at radius 1 is 1.38 bits per heavy atom. The molecule has 0 unspecified atom stereocenters. The maximum atomic E-state index is 11.4. The minimum Gasteiger partial charge on any atom is -0.468 e. The zero-order valence-corrected chi connectivity index (χ0v) is 8.59. The topological polar surface area (TPSA) is 69.4 Å². The van der Waals surface area contributed by atoms with E-state index in [0.717, 1.165) is 0 Å². The number of hydrogen-bond donors (Lipinski definition) is 1. The first-order valence-electron chi connectivity index (χ1n) is 4.15. The summed E-state index contributed by atoms with van der Waals surface area (Å²) in [6.45, 7) is 5.37. The normalized spacial score (nSPS) is 13.6. The van der Waals surface area contributed by atoms with Crippen LogP contribution in [0.2, 0.25) is 0 Å². The Kier molecular flexibility index (Phi) is 4.07. The minimum atomic E-state index is -0.836. The van der Waals surface area contributed by atoms with Crippen LogP contribution in [0.1, 0.15) is 27.2 Å². The number of carbonyl (C=O) groups excluding carboxylic acids is 2. The van der Waals surface area contributed by atoms with Crippen LogP contribution in [-0.2, 0) is 14.3 Å². The van der Waals surface area contributed by atoms with Crippen molar-refractivity contribution in [2.75, 3.05) is 7.11 Å². The third-order valence-corrected chi connectivity index (χ3v) is 1.75. The smallest absolute Gasteiger partial charge is 0.323 e. The highest BCUT2D eigenvalue weighted by Crippen LogP contribution is 2.17. The molecule has 0 fully saturated rings. The van der Waals surface area contributed by atoms with E-state index in [1.807, 2.05) is 0 Å². The Labute approximate surface area is 78.4 Å². The molecule has 0 aromatic heterocycles. The van der Waals surface area contributed by atoms with Crippen molar-refractivity contribution in [3.63, 3.8) is 0 Å². The van der Waals surface area contributed by atoms with Gasteiger partial charge >= 0.3 is 5.97 Å². The van der Waals surface area contributed by atoms with E-state index < -0.39 is 17.4 Å². The van der Waals surface area contributed by atoms with Gasteiger partial charge in [-0.3, -0.25) is 9.59 Å². The van der Waals surface area contributed by atoms with Crippen LogP contribution in [-0.4, -0.2) is 24.9 Å². The molecule has 0 aliphatic rings. The Morgan fingerprint density at radius 2 is 1.85 bits per heavy atom. The molecular weight excluding hydrogens is 170 g/mol. The highest BCUT2D eigenvalue weighted by Gasteiger charge is 2.26. The molecule has 0 aromatic rings. The number of ketones is 1. The fourth-order valence-corrected chi connectivity index (χ4v) is 0.741. The maximum Gasteiger partial charge on any atom is 0.323 e. The number of carbonyl (C=O) groups is 2. The minimum absolute atomic E-state index is 0.0367. The number of nitrogens with two attached hydrogens (primary N) is 1. The Hall–Kier alpha value is -0.900. The first kappa shape index (κ1) is 12.1. The molecule has 0 aromatic carbocycles. The fraction of sp³-hybridized carbons (Fsp3) is 0.778. The molecular formula is C9H17NO3. The van der Waals surface area contributed by atoms with Gasteiger partial charge in [0.1, 0.15) is 11.8 Å². The Balaban J connectivity index is 4.15. The molecule has 76 valence electrons. The number of hydrogen-bond acceptors (Lipinski definition) is 4. The number of rotatable bonds is 3. The third-order valence-electron chi connectivity index (χ3n) is 1.75. The Morgan fingerprint density at radius 3 is 2.15 bits per heavy atom. The van der Waals surface area contributed by atoms with Gasteiger partial charge in [-0.25, -0.2) is 0 Å². The SMILES string of the molecule is COC(=O)[C@@H](N)CC(=O)C(C)(C)C. The average Bonchev–Trinajstić information content (AvgIpc) is 2.01. The highest BCUT2D eigenvalue weighted by molar-refractivity contribution is 5.89. The second kappa shape index (κ2) is 4.37. The molecule has 0 heterocycles. The van der Waals surface area contributed by atoms with Crippen molar-refractivity contribution in [3.8, 4) is 0 Å². The maximum absolute atomic E-state index is 11.4. The van der Waals surface area contributed by atoms with Crippen LogP contribution in [0.3, 0.4) is 0 Å². The van der Waals surface area contributed by atoms with Gasteiger partial charge in [0.2, 0.25) is 0 Å². The lowest BCUT2D eigenvalue weighted by molar-refractivity contribution is -0.144. The first-order chi connectivity index (χ1) is 5.79. The number of Topliss-reactive ketones (excluding diaryl/α,β-unsaturated/α-hetero) is 1. The van der Waals surface area contributed by atoms with Gasteiger partial charge in [-0.15, -0.1) is 0 Å². The van der Waals surface area contributed by atoms with Crippen molar-refractivity contribution in [1.29, 1.82) is 0 Å². The standard InChI is InChI=1S/C9H17NO3/c1-9(2,3)7(11)5-6(10)8(12)13-4/h6H,5,10H2,1-4H3/t6-/m0/s1. The second-order valence-corrected chi connectivity index (χ2v) is 4.01. The van der Waals surface area contributed by atoms with Gasteiger partial charge in [-0.2, -0.15) is 0 Å². The van der Waals surface area contributed by atoms with Gasteiger partial charge in [-0.1, -0.05) is 20.8 Å². The van der Waals surface area contributed by atoms with Crippen LogP contribution >= 0.6 is 0 Å². The lowest BCUT2D eigenvalue weighted by atomic mass is 9.87. The van der Waals surface area contributed by atoms with Crippen LogP contribution in [0, 0.1) is 5.41 Å². The lowest BCUT2D eigenvalue weighted by Gasteiger charge is -2.18. The molecule has 2 N–H and O–H groups in total. The van der Waals surface area contributed by atoms with E-state index in [0.29, 0.717) is 0 Å². The van der Waals surface area contributed by atoms with Crippen LogP contribution in [0.25, 0.3) is 0 Å². The molecule has 0 saturated heterocycles. The van der Waals surface area contributed by atoms with Crippen molar-refractivity contribution in [3.05, 3.63) is 0 Å². The lowest BCUT2D eigenvalue weighted by Crippen LogP contribution is -2.36. The first-order valence-corrected chi connectivity index (χ1v) is 4.15. The summed E-state index contributed by atoms with van der Waals surface area (Å²) >= 11 is 0. The average molecular weight is 187 g/mol. The summed E-state index contributed by atoms with van der Waals surface area (Å²) in [7, 11) is 1.25. The zero-order valence-electron chi connectivity index (χ0n) is 8.59.